The van der Waals surface area contributed by atoms with E-state index in [0.717, 1.165) is 5.56 Å². The molecule has 0 unspecified atom stereocenters. The predicted molar refractivity (Wildman–Crippen MR) is 109 cm³/mol. The first-order valence-corrected chi connectivity index (χ1v) is 9.65. The third-order valence-electron chi connectivity index (χ3n) is 4.63. The summed E-state index contributed by atoms with van der Waals surface area (Å²) in [6, 6.07) is 11.3. The maximum absolute atomic E-state index is 13.0. The highest BCUT2D eigenvalue weighted by Crippen LogP contribution is 2.22. The molecule has 0 saturated heterocycles. The summed E-state index contributed by atoms with van der Waals surface area (Å²) < 4.78 is 29.9. The first kappa shape index (κ1) is 21.7. The Labute approximate surface area is 174 Å². The van der Waals surface area contributed by atoms with Gasteiger partial charge in [0.15, 0.2) is 0 Å². The molecule has 0 fully saturated rings. The van der Waals surface area contributed by atoms with Crippen molar-refractivity contribution in [1.82, 2.24) is 4.98 Å². The summed E-state index contributed by atoms with van der Waals surface area (Å²) in [7, 11) is 0. The Balaban J connectivity index is 1.41. The second-order valence-electron chi connectivity index (χ2n) is 6.90. The number of carbonyl (C=O) groups is 1. The van der Waals surface area contributed by atoms with E-state index < -0.39 is 5.97 Å². The SMILES string of the molecule is Cc1cccc(COCCCOCc2nc(-c3ccc(F)cc3)oc2C)c1C(=O)O. The maximum Gasteiger partial charge on any atom is 0.336 e. The molecule has 3 aromatic rings. The molecule has 0 aliphatic heterocycles. The second-order valence-corrected chi connectivity index (χ2v) is 6.90. The van der Waals surface area contributed by atoms with Gasteiger partial charge in [-0.25, -0.2) is 14.2 Å². The lowest BCUT2D eigenvalue weighted by Gasteiger charge is -2.09. The Hall–Kier alpha value is -3.03. The van der Waals surface area contributed by atoms with Crippen LogP contribution >= 0.6 is 0 Å². The summed E-state index contributed by atoms with van der Waals surface area (Å²) in [6.45, 7) is 5.05. The number of aromatic nitrogens is 1. The fraction of sp³-hybridized carbons (Fsp3) is 0.304. The van der Waals surface area contributed by atoms with E-state index in [1.165, 1.54) is 12.1 Å². The molecule has 7 heteroatoms. The van der Waals surface area contributed by atoms with Crippen LogP contribution in [0.1, 0.15) is 39.4 Å². The number of rotatable bonds is 10. The largest absolute Gasteiger partial charge is 0.478 e. The van der Waals surface area contributed by atoms with Crippen molar-refractivity contribution in [2.45, 2.75) is 33.5 Å². The Kier molecular flexibility index (Phi) is 7.32. The molecule has 1 N–H and O–H groups in total. The highest BCUT2D eigenvalue weighted by molar-refractivity contribution is 5.91. The molecule has 0 aliphatic rings. The molecule has 0 aliphatic carbocycles. The van der Waals surface area contributed by atoms with E-state index in [4.69, 9.17) is 13.9 Å². The Bertz CT molecular complexity index is 997. The van der Waals surface area contributed by atoms with Crippen molar-refractivity contribution in [3.05, 3.63) is 76.4 Å². The Morgan fingerprint density at radius 2 is 1.77 bits per heavy atom. The van der Waals surface area contributed by atoms with Crippen LogP contribution in [0.5, 0.6) is 0 Å². The zero-order chi connectivity index (χ0) is 21.5. The van der Waals surface area contributed by atoms with Crippen LogP contribution in [-0.2, 0) is 22.7 Å². The quantitative estimate of drug-likeness (QED) is 0.475. The molecule has 6 nitrogen and oxygen atoms in total. The lowest BCUT2D eigenvalue weighted by molar-refractivity contribution is 0.0639. The van der Waals surface area contributed by atoms with Gasteiger partial charge in [0.2, 0.25) is 5.89 Å². The van der Waals surface area contributed by atoms with E-state index in [0.29, 0.717) is 60.3 Å². The molecule has 0 spiro atoms. The summed E-state index contributed by atoms with van der Waals surface area (Å²) in [5, 5.41) is 9.33. The highest BCUT2D eigenvalue weighted by atomic mass is 19.1. The first-order valence-electron chi connectivity index (χ1n) is 9.65. The molecule has 0 amide bonds. The van der Waals surface area contributed by atoms with Crippen LogP contribution in [0.3, 0.4) is 0 Å². The Morgan fingerprint density at radius 1 is 1.07 bits per heavy atom. The van der Waals surface area contributed by atoms with Crippen LogP contribution in [0, 0.1) is 19.7 Å². The zero-order valence-electron chi connectivity index (χ0n) is 17.0. The molecule has 0 bridgehead atoms. The number of nitrogens with zero attached hydrogens (tertiary/aromatic N) is 1. The molecule has 0 saturated carbocycles. The molecule has 2 aromatic carbocycles. The van der Waals surface area contributed by atoms with Crippen molar-refractivity contribution in [3.8, 4) is 11.5 Å². The van der Waals surface area contributed by atoms with Gasteiger partial charge in [-0.15, -0.1) is 0 Å². The van der Waals surface area contributed by atoms with Crippen molar-refractivity contribution in [2.24, 2.45) is 0 Å². The van der Waals surface area contributed by atoms with Crippen molar-refractivity contribution in [2.75, 3.05) is 13.2 Å². The van der Waals surface area contributed by atoms with Gasteiger partial charge in [0.25, 0.3) is 0 Å². The molecule has 1 heterocycles. The lowest BCUT2D eigenvalue weighted by atomic mass is 10.0. The van der Waals surface area contributed by atoms with Gasteiger partial charge in [0.1, 0.15) is 17.3 Å². The molecule has 0 radical (unpaired) electrons. The number of halogens is 1. The van der Waals surface area contributed by atoms with Crippen LogP contribution in [-0.4, -0.2) is 29.3 Å². The normalized spacial score (nSPS) is 11.0. The third-order valence-corrected chi connectivity index (χ3v) is 4.63. The van der Waals surface area contributed by atoms with Gasteiger partial charge in [-0.05, 0) is 55.7 Å². The highest BCUT2D eigenvalue weighted by Gasteiger charge is 2.13. The van der Waals surface area contributed by atoms with Gasteiger partial charge in [-0.3, -0.25) is 0 Å². The van der Waals surface area contributed by atoms with Gasteiger partial charge in [-0.1, -0.05) is 18.2 Å². The molecular weight excluding hydrogens is 389 g/mol. The molecule has 3 rings (SSSR count). The molecule has 30 heavy (non-hydrogen) atoms. The van der Waals surface area contributed by atoms with Gasteiger partial charge in [-0.2, -0.15) is 0 Å². The number of carboxylic acid groups (broad SMARTS) is 1. The summed E-state index contributed by atoms with van der Waals surface area (Å²) in [6.07, 6.45) is 0.663. The van der Waals surface area contributed by atoms with E-state index in [2.05, 4.69) is 4.98 Å². The topological polar surface area (TPSA) is 81.8 Å². The van der Waals surface area contributed by atoms with Gasteiger partial charge >= 0.3 is 5.97 Å². The van der Waals surface area contributed by atoms with Crippen molar-refractivity contribution in [3.63, 3.8) is 0 Å². The fourth-order valence-corrected chi connectivity index (χ4v) is 3.05. The molecule has 158 valence electrons. The standard InChI is InChI=1S/C23H24FNO5/c1-15-5-3-6-18(21(15)23(26)27)13-28-11-4-12-29-14-20-16(2)30-22(25-20)17-7-9-19(24)10-8-17/h3,5-10H,4,11-14H2,1-2H3,(H,26,27). The van der Waals surface area contributed by atoms with Gasteiger partial charge < -0.3 is 19.0 Å². The van der Waals surface area contributed by atoms with E-state index >= 15 is 0 Å². The van der Waals surface area contributed by atoms with E-state index in [1.54, 1.807) is 31.2 Å². The van der Waals surface area contributed by atoms with Crippen LogP contribution in [0.25, 0.3) is 11.5 Å². The van der Waals surface area contributed by atoms with Crippen LogP contribution < -0.4 is 0 Å². The number of benzene rings is 2. The number of carboxylic acids is 1. The van der Waals surface area contributed by atoms with Crippen molar-refractivity contribution in [1.29, 1.82) is 0 Å². The molecule has 0 atom stereocenters. The summed E-state index contributed by atoms with van der Waals surface area (Å²) in [5.41, 5.74) is 3.08. The Morgan fingerprint density at radius 3 is 2.47 bits per heavy atom. The minimum atomic E-state index is -0.946. The second kappa shape index (κ2) is 10.1. The van der Waals surface area contributed by atoms with E-state index in [-0.39, 0.29) is 12.4 Å². The monoisotopic (exact) mass is 413 g/mol. The number of hydrogen-bond donors (Lipinski definition) is 1. The third kappa shape index (κ3) is 5.52. The number of aryl methyl sites for hydroxylation is 2. The smallest absolute Gasteiger partial charge is 0.336 e. The van der Waals surface area contributed by atoms with Gasteiger partial charge in [0.05, 0.1) is 18.8 Å². The fourth-order valence-electron chi connectivity index (χ4n) is 3.05. The first-order chi connectivity index (χ1) is 14.5. The summed E-state index contributed by atoms with van der Waals surface area (Å²) in [5.74, 6) is -0.166. The number of ether oxygens (including phenoxy) is 2. The van der Waals surface area contributed by atoms with Crippen LogP contribution in [0.4, 0.5) is 4.39 Å². The van der Waals surface area contributed by atoms with Crippen molar-refractivity contribution < 1.29 is 28.2 Å². The van der Waals surface area contributed by atoms with Crippen molar-refractivity contribution >= 4 is 5.97 Å². The minimum absolute atomic E-state index is 0.243. The van der Waals surface area contributed by atoms with Gasteiger partial charge in [0, 0.05) is 18.8 Å². The predicted octanol–water partition coefficient (Wildman–Crippen LogP) is 4.92. The minimum Gasteiger partial charge on any atom is -0.478 e. The average molecular weight is 413 g/mol. The summed E-state index contributed by atoms with van der Waals surface area (Å²) in [4.78, 5) is 15.8. The lowest BCUT2D eigenvalue weighted by Crippen LogP contribution is -2.08. The molecule has 1 aromatic heterocycles. The zero-order valence-corrected chi connectivity index (χ0v) is 17.0. The average Bonchev–Trinajstić information content (AvgIpc) is 3.08. The van der Waals surface area contributed by atoms with E-state index in [1.807, 2.05) is 13.0 Å². The van der Waals surface area contributed by atoms with Crippen LogP contribution in [0.2, 0.25) is 0 Å². The summed E-state index contributed by atoms with van der Waals surface area (Å²) >= 11 is 0. The number of oxazole rings is 1. The molecular formula is C23H24FNO5. The number of hydrogen-bond acceptors (Lipinski definition) is 5. The van der Waals surface area contributed by atoms with E-state index in [9.17, 15) is 14.3 Å². The maximum atomic E-state index is 13.0. The number of aromatic carboxylic acids is 1. The van der Waals surface area contributed by atoms with Crippen LogP contribution in [0.15, 0.2) is 46.9 Å².